The summed E-state index contributed by atoms with van der Waals surface area (Å²) in [6.45, 7) is 63.8. The van der Waals surface area contributed by atoms with Crippen LogP contribution in [0, 0.1) is 47.3 Å². The predicted molar refractivity (Wildman–Crippen MR) is 464 cm³/mol. The summed E-state index contributed by atoms with van der Waals surface area (Å²) in [5, 5.41) is 32.2. The largest absolute Gasteiger partial charge is 0.356 e. The number of rotatable bonds is 62. The lowest BCUT2D eigenvalue weighted by atomic mass is 9.94. The summed E-state index contributed by atoms with van der Waals surface area (Å²) in [6.07, 6.45) is 13.2. The lowest BCUT2D eigenvalue weighted by Crippen LogP contribution is -2.46. The van der Waals surface area contributed by atoms with Crippen LogP contribution in [0.1, 0.15) is 350 Å². The fraction of sp³-hybridized carbons (Fsp3) is 0.867. The first-order valence-electron chi connectivity index (χ1n) is 43.8. The molecule has 22 heteroatoms. The van der Waals surface area contributed by atoms with Gasteiger partial charge >= 0.3 is 0 Å². The summed E-state index contributed by atoms with van der Waals surface area (Å²) >= 11 is 0. The number of carbonyl (C=O) groups is 12. The van der Waals surface area contributed by atoms with Crippen LogP contribution in [0.4, 0.5) is 0 Å². The second-order valence-electron chi connectivity index (χ2n) is 36.2. The summed E-state index contributed by atoms with van der Waals surface area (Å²) in [5.41, 5.74) is 0. The van der Waals surface area contributed by atoms with Gasteiger partial charge in [-0.2, -0.15) is 0 Å². The van der Waals surface area contributed by atoms with Gasteiger partial charge in [-0.3, -0.25) is 57.5 Å². The van der Waals surface area contributed by atoms with Crippen molar-refractivity contribution in [3.63, 3.8) is 0 Å². The lowest BCUT2D eigenvalue weighted by molar-refractivity contribution is -0.129. The molecule has 8 atom stereocenters. The van der Waals surface area contributed by atoms with Crippen LogP contribution in [0.3, 0.4) is 0 Å². The fourth-order valence-corrected chi connectivity index (χ4v) is 12.9. The Bertz CT molecular complexity index is 2650. The van der Waals surface area contributed by atoms with Crippen LogP contribution in [0.5, 0.6) is 0 Å². The van der Waals surface area contributed by atoms with E-state index in [1.165, 1.54) is 0 Å². The summed E-state index contributed by atoms with van der Waals surface area (Å²) in [5.74, 6) is 1.43. The topological polar surface area (TPSA) is 325 Å². The summed E-state index contributed by atoms with van der Waals surface area (Å²) in [4.78, 5) is 147. The number of nitrogens with one attached hydrogen (secondary N) is 10. The minimum Gasteiger partial charge on any atom is -0.356 e. The summed E-state index contributed by atoms with van der Waals surface area (Å²) in [7, 11) is 0. The Balaban J connectivity index is -0.000000694. The van der Waals surface area contributed by atoms with E-state index in [0.717, 1.165) is 64.2 Å². The highest BCUT2D eigenvalue weighted by Crippen LogP contribution is 2.18. The Morgan fingerprint density at radius 2 is 0.393 bits per heavy atom. The molecule has 0 aromatic rings. The Labute approximate surface area is 684 Å². The standard InChI is InChI=1S/C24H46N2O3.C23H44N2O3.C22H43N3O3.C21H41N3O3/c1-16(2)23(28)21(25-18(5)6)13-11-9-10-12-20(27)14-15-22(26-19(7)8)24(29)17(3)4;1-15(2)22(27)20(24-17(5)6)13-11-9-10-12-19(26)14-21(25-18(7)8)23(28)16(3)4;1-14(2)21(27)18(24-16(5)6)10-9-13-23-20(26)12-11-19(25-17(7)8)22(28)15(3)4;1-13(2)20(26)17(23-15(5)6)10-9-11-22-19(25)12-18(24-16(7)8)21(27)14(3)4/h16-19,21-22,25-26H,9-15H2,1-8H3;15-18,20-21,24-25H,9-14H2,1-8H3;14-19,24-25H,9-13H2,1-8H3,(H,23,26);13-18,23-24H,9-12H2,1-8H3,(H,22,25). The second-order valence-corrected chi connectivity index (χ2v) is 36.2. The van der Waals surface area contributed by atoms with Gasteiger partial charge in [-0.1, -0.05) is 247 Å². The summed E-state index contributed by atoms with van der Waals surface area (Å²) in [6, 6.07) is -0.129. The van der Waals surface area contributed by atoms with Crippen molar-refractivity contribution < 1.29 is 57.5 Å². The van der Waals surface area contributed by atoms with E-state index in [0.29, 0.717) is 64.5 Å². The minimum absolute atomic E-state index is 0.00488. The molecule has 0 fully saturated rings. The van der Waals surface area contributed by atoms with E-state index < -0.39 is 6.04 Å². The number of hydrogen-bond acceptors (Lipinski definition) is 20. The van der Waals surface area contributed by atoms with E-state index in [-0.39, 0.29) is 220 Å². The molecule has 0 bridgehead atoms. The molecule has 0 spiro atoms. The normalized spacial score (nSPS) is 14.1. The molecule has 0 aromatic carbocycles. The summed E-state index contributed by atoms with van der Waals surface area (Å²) < 4.78 is 0. The SMILES string of the molecule is CC(C)NC(CCCCCC(=O)CC(NC(C)C)C(=O)C(C)C)C(=O)C(C)C.CC(C)NC(CCCCCC(=O)CCC(NC(C)C)C(=O)C(C)C)C(=O)C(C)C.CC(C)NC(CCCNC(=O)CC(NC(C)C)C(=O)C(C)C)C(=O)C(C)C.CC(C)NC(CCCNC(=O)CCC(NC(C)C)C(=O)C(C)C)C(=O)C(C)C. The van der Waals surface area contributed by atoms with Gasteiger partial charge in [-0.15, -0.1) is 0 Å². The molecule has 0 radical (unpaired) electrons. The minimum atomic E-state index is -0.456. The van der Waals surface area contributed by atoms with Crippen molar-refractivity contribution in [3.8, 4) is 0 Å². The smallest absolute Gasteiger partial charge is 0.222 e. The molecular weight excluding hydrogens is 1410 g/mol. The van der Waals surface area contributed by atoms with E-state index in [1.807, 2.05) is 194 Å². The molecule has 0 aliphatic carbocycles. The number of unbranched alkanes of at least 4 members (excludes halogenated alkanes) is 4. The quantitative estimate of drug-likeness (QED) is 0.0253. The average molecular weight is 1590 g/mol. The van der Waals surface area contributed by atoms with Crippen LogP contribution in [0.2, 0.25) is 0 Å². The number of Topliss-reactive ketones (excluding diaryl/α,β-unsaturated/α-hetero) is 10. The first-order chi connectivity index (χ1) is 51.8. The lowest BCUT2D eigenvalue weighted by Gasteiger charge is -2.23. The first kappa shape index (κ1) is 114. The molecule has 112 heavy (non-hydrogen) atoms. The number of ketones is 10. The Kier molecular flexibility index (Phi) is 65.3. The molecule has 22 nitrogen and oxygen atoms in total. The van der Waals surface area contributed by atoms with E-state index in [1.54, 1.807) is 0 Å². The zero-order chi connectivity index (χ0) is 87.4. The maximum absolute atomic E-state index is 12.3. The van der Waals surface area contributed by atoms with Gasteiger partial charge in [0.15, 0.2) is 46.3 Å². The van der Waals surface area contributed by atoms with Crippen LogP contribution in [-0.4, -0.2) is 179 Å². The molecular formula is C90H174N10O12. The van der Waals surface area contributed by atoms with Gasteiger partial charge in [0.25, 0.3) is 0 Å². The second kappa shape index (κ2) is 64.4. The van der Waals surface area contributed by atoms with Crippen LogP contribution in [-0.2, 0) is 57.5 Å². The van der Waals surface area contributed by atoms with Crippen molar-refractivity contribution in [2.24, 2.45) is 47.3 Å². The molecule has 656 valence electrons. The molecule has 8 unspecified atom stereocenters. The first-order valence-corrected chi connectivity index (χ1v) is 43.8. The Morgan fingerprint density at radius 3 is 0.652 bits per heavy atom. The number of amides is 2. The van der Waals surface area contributed by atoms with Crippen molar-refractivity contribution in [2.45, 2.75) is 447 Å². The molecule has 10 N–H and O–H groups in total. The Morgan fingerprint density at radius 1 is 0.188 bits per heavy atom. The molecule has 0 heterocycles. The van der Waals surface area contributed by atoms with Gasteiger partial charge in [0.2, 0.25) is 11.8 Å². The van der Waals surface area contributed by atoms with Crippen molar-refractivity contribution in [1.82, 2.24) is 53.2 Å². The van der Waals surface area contributed by atoms with Crippen molar-refractivity contribution in [3.05, 3.63) is 0 Å². The van der Waals surface area contributed by atoms with E-state index in [2.05, 4.69) is 80.9 Å². The average Bonchev–Trinajstić information content (AvgIpc) is 0.753. The zero-order valence-electron chi connectivity index (χ0n) is 77.3. The van der Waals surface area contributed by atoms with Crippen molar-refractivity contribution in [1.29, 1.82) is 0 Å². The maximum Gasteiger partial charge on any atom is 0.222 e. The third-order valence-electron chi connectivity index (χ3n) is 18.6. The molecule has 0 saturated heterocycles. The van der Waals surface area contributed by atoms with Gasteiger partial charge in [-0.05, 0) is 64.2 Å². The van der Waals surface area contributed by atoms with Crippen molar-refractivity contribution in [2.75, 3.05) is 13.1 Å². The number of carbonyl (C=O) groups excluding carboxylic acids is 12. The number of hydrogen-bond donors (Lipinski definition) is 10. The monoisotopic (exact) mass is 1590 g/mol. The van der Waals surface area contributed by atoms with Gasteiger partial charge in [0, 0.05) is 147 Å². The van der Waals surface area contributed by atoms with Crippen LogP contribution in [0.15, 0.2) is 0 Å². The van der Waals surface area contributed by atoms with Crippen LogP contribution < -0.4 is 53.2 Å². The fourth-order valence-electron chi connectivity index (χ4n) is 12.9. The van der Waals surface area contributed by atoms with Gasteiger partial charge < -0.3 is 53.2 Å². The van der Waals surface area contributed by atoms with Crippen LogP contribution >= 0.6 is 0 Å². The zero-order valence-corrected chi connectivity index (χ0v) is 77.3. The highest BCUT2D eigenvalue weighted by Gasteiger charge is 2.30. The molecule has 0 rings (SSSR count). The van der Waals surface area contributed by atoms with Gasteiger partial charge in [-0.25, -0.2) is 0 Å². The predicted octanol–water partition coefficient (Wildman–Crippen LogP) is 13.9. The third-order valence-corrected chi connectivity index (χ3v) is 18.6. The van der Waals surface area contributed by atoms with Crippen molar-refractivity contribution >= 4 is 69.6 Å². The maximum atomic E-state index is 12.3. The molecule has 0 aliphatic heterocycles. The van der Waals surface area contributed by atoms with E-state index in [9.17, 15) is 57.5 Å². The molecule has 2 amide bonds. The highest BCUT2D eigenvalue weighted by atomic mass is 16.2. The van der Waals surface area contributed by atoms with Gasteiger partial charge in [0.05, 0.1) is 48.3 Å². The molecule has 0 saturated carbocycles. The molecule has 0 aromatic heterocycles. The third kappa shape index (κ3) is 59.0. The van der Waals surface area contributed by atoms with Crippen LogP contribution in [0.25, 0.3) is 0 Å². The van der Waals surface area contributed by atoms with Gasteiger partial charge in [0.1, 0.15) is 11.6 Å². The van der Waals surface area contributed by atoms with E-state index >= 15 is 0 Å². The Hall–Kier alpha value is -4.68. The molecule has 0 aliphatic rings. The highest BCUT2D eigenvalue weighted by molar-refractivity contribution is 5.93. The van der Waals surface area contributed by atoms with E-state index in [4.69, 9.17) is 0 Å².